The Labute approximate surface area is 97.3 Å². The standard InChI is InChI=1S/C14H20O2/c15-11-10-12-6-8-14(9-7-12)16-13-4-2-1-3-5-13/h6-9,13,15H,1-5,10-11H2. The Kier molecular flexibility index (Phi) is 4.23. The normalized spacial score (nSPS) is 17.3. The molecule has 88 valence electrons. The van der Waals surface area contributed by atoms with E-state index in [1.165, 1.54) is 37.7 Å². The summed E-state index contributed by atoms with van der Waals surface area (Å²) in [5, 5.41) is 8.82. The first-order chi connectivity index (χ1) is 7.88. The number of aliphatic hydroxyl groups is 1. The molecule has 2 rings (SSSR count). The topological polar surface area (TPSA) is 29.5 Å². The fourth-order valence-electron chi connectivity index (χ4n) is 2.24. The molecule has 0 unspecified atom stereocenters. The number of rotatable bonds is 4. The molecule has 0 aromatic heterocycles. The van der Waals surface area contributed by atoms with Gasteiger partial charge in [0.2, 0.25) is 0 Å². The monoisotopic (exact) mass is 220 g/mol. The Hall–Kier alpha value is -1.02. The predicted molar refractivity (Wildman–Crippen MR) is 64.7 cm³/mol. The molecule has 16 heavy (non-hydrogen) atoms. The van der Waals surface area contributed by atoms with Crippen LogP contribution in [0.2, 0.25) is 0 Å². The smallest absolute Gasteiger partial charge is 0.119 e. The lowest BCUT2D eigenvalue weighted by Crippen LogP contribution is -2.19. The van der Waals surface area contributed by atoms with Crippen LogP contribution in [0.1, 0.15) is 37.7 Å². The fourth-order valence-corrected chi connectivity index (χ4v) is 2.24. The van der Waals surface area contributed by atoms with Gasteiger partial charge in [0.05, 0.1) is 6.10 Å². The van der Waals surface area contributed by atoms with E-state index >= 15 is 0 Å². The molecule has 0 radical (unpaired) electrons. The van der Waals surface area contributed by atoms with Crippen LogP contribution in [0.4, 0.5) is 0 Å². The van der Waals surface area contributed by atoms with Gasteiger partial charge in [-0.3, -0.25) is 0 Å². The van der Waals surface area contributed by atoms with Crippen molar-refractivity contribution in [2.45, 2.75) is 44.6 Å². The summed E-state index contributed by atoms with van der Waals surface area (Å²) in [6.45, 7) is 0.211. The van der Waals surface area contributed by atoms with Crippen molar-refractivity contribution in [2.24, 2.45) is 0 Å². The molecule has 0 saturated heterocycles. The second kappa shape index (κ2) is 5.90. The van der Waals surface area contributed by atoms with Gasteiger partial charge in [-0.15, -0.1) is 0 Å². The average molecular weight is 220 g/mol. The number of aliphatic hydroxyl groups excluding tert-OH is 1. The first kappa shape index (κ1) is 11.5. The molecule has 0 heterocycles. The third-order valence-electron chi connectivity index (χ3n) is 3.18. The van der Waals surface area contributed by atoms with Crippen LogP contribution >= 0.6 is 0 Å². The summed E-state index contributed by atoms with van der Waals surface area (Å²) < 4.78 is 5.93. The molecule has 0 aliphatic heterocycles. The van der Waals surface area contributed by atoms with Crippen LogP contribution in [0, 0.1) is 0 Å². The maximum absolute atomic E-state index is 8.82. The van der Waals surface area contributed by atoms with Gasteiger partial charge in [-0.25, -0.2) is 0 Å². The SMILES string of the molecule is OCCc1ccc(OC2CCCCC2)cc1. The second-order valence-corrected chi connectivity index (χ2v) is 4.50. The molecule has 1 N–H and O–H groups in total. The van der Waals surface area contributed by atoms with E-state index in [2.05, 4.69) is 0 Å². The van der Waals surface area contributed by atoms with Crippen molar-refractivity contribution < 1.29 is 9.84 Å². The van der Waals surface area contributed by atoms with Gasteiger partial charge in [0, 0.05) is 6.61 Å². The van der Waals surface area contributed by atoms with Crippen LogP contribution in [0.5, 0.6) is 5.75 Å². The van der Waals surface area contributed by atoms with Gasteiger partial charge in [0.25, 0.3) is 0 Å². The van der Waals surface area contributed by atoms with E-state index < -0.39 is 0 Å². The quantitative estimate of drug-likeness (QED) is 0.845. The summed E-state index contributed by atoms with van der Waals surface area (Å²) in [5.74, 6) is 0.966. The van der Waals surface area contributed by atoms with Crippen molar-refractivity contribution in [1.82, 2.24) is 0 Å². The second-order valence-electron chi connectivity index (χ2n) is 4.50. The number of hydrogen-bond acceptors (Lipinski definition) is 2. The van der Waals surface area contributed by atoms with E-state index in [0.29, 0.717) is 6.10 Å². The molecule has 0 spiro atoms. The van der Waals surface area contributed by atoms with Gasteiger partial charge in [0.1, 0.15) is 5.75 Å². The summed E-state index contributed by atoms with van der Waals surface area (Å²) in [6, 6.07) is 8.10. The van der Waals surface area contributed by atoms with Crippen LogP contribution in [0.15, 0.2) is 24.3 Å². The van der Waals surface area contributed by atoms with E-state index in [4.69, 9.17) is 9.84 Å². The summed E-state index contributed by atoms with van der Waals surface area (Å²) in [4.78, 5) is 0. The minimum Gasteiger partial charge on any atom is -0.490 e. The zero-order chi connectivity index (χ0) is 11.2. The summed E-state index contributed by atoms with van der Waals surface area (Å²) in [6.07, 6.45) is 7.48. The predicted octanol–water partition coefficient (Wildman–Crippen LogP) is 2.93. The number of ether oxygens (including phenoxy) is 1. The molecule has 0 bridgehead atoms. The minimum absolute atomic E-state index is 0.211. The molecular formula is C14H20O2. The first-order valence-corrected chi connectivity index (χ1v) is 6.25. The molecule has 1 aromatic carbocycles. The van der Waals surface area contributed by atoms with Crippen LogP contribution < -0.4 is 4.74 Å². The Morgan fingerprint density at radius 3 is 2.38 bits per heavy atom. The lowest BCUT2D eigenvalue weighted by atomic mass is 9.98. The third-order valence-corrected chi connectivity index (χ3v) is 3.18. The van der Waals surface area contributed by atoms with Gasteiger partial charge in [-0.1, -0.05) is 18.6 Å². The maximum atomic E-state index is 8.82. The molecule has 2 heteroatoms. The van der Waals surface area contributed by atoms with Crippen molar-refractivity contribution in [3.05, 3.63) is 29.8 Å². The van der Waals surface area contributed by atoms with E-state index in [1.54, 1.807) is 0 Å². The van der Waals surface area contributed by atoms with Crippen molar-refractivity contribution in [1.29, 1.82) is 0 Å². The molecule has 1 fully saturated rings. The Bertz CT molecular complexity index is 299. The molecule has 1 aliphatic rings. The summed E-state index contributed by atoms with van der Waals surface area (Å²) in [5.41, 5.74) is 1.17. The van der Waals surface area contributed by atoms with Crippen molar-refractivity contribution in [2.75, 3.05) is 6.61 Å². The Morgan fingerprint density at radius 1 is 1.06 bits per heavy atom. The first-order valence-electron chi connectivity index (χ1n) is 6.25. The molecule has 0 atom stereocenters. The highest BCUT2D eigenvalue weighted by atomic mass is 16.5. The van der Waals surface area contributed by atoms with Gasteiger partial charge < -0.3 is 9.84 Å². The average Bonchev–Trinajstić information content (AvgIpc) is 2.33. The van der Waals surface area contributed by atoms with Crippen LogP contribution in [-0.2, 0) is 6.42 Å². The summed E-state index contributed by atoms with van der Waals surface area (Å²) >= 11 is 0. The van der Waals surface area contributed by atoms with E-state index in [0.717, 1.165) is 12.2 Å². The largest absolute Gasteiger partial charge is 0.490 e. The Balaban J connectivity index is 1.88. The van der Waals surface area contributed by atoms with Crippen LogP contribution in [0.3, 0.4) is 0 Å². The van der Waals surface area contributed by atoms with Gasteiger partial charge in [-0.2, -0.15) is 0 Å². The maximum Gasteiger partial charge on any atom is 0.119 e. The number of hydrogen-bond donors (Lipinski definition) is 1. The highest BCUT2D eigenvalue weighted by Crippen LogP contribution is 2.23. The lowest BCUT2D eigenvalue weighted by Gasteiger charge is -2.23. The molecule has 2 nitrogen and oxygen atoms in total. The molecule has 0 amide bonds. The minimum atomic E-state index is 0.211. The summed E-state index contributed by atoms with van der Waals surface area (Å²) in [7, 11) is 0. The highest BCUT2D eigenvalue weighted by Gasteiger charge is 2.14. The zero-order valence-electron chi connectivity index (χ0n) is 9.69. The van der Waals surface area contributed by atoms with Crippen molar-refractivity contribution in [3.63, 3.8) is 0 Å². The van der Waals surface area contributed by atoms with Gasteiger partial charge in [-0.05, 0) is 49.8 Å². The van der Waals surface area contributed by atoms with Crippen LogP contribution in [0.25, 0.3) is 0 Å². The lowest BCUT2D eigenvalue weighted by molar-refractivity contribution is 0.155. The van der Waals surface area contributed by atoms with Gasteiger partial charge >= 0.3 is 0 Å². The number of benzene rings is 1. The Morgan fingerprint density at radius 2 is 1.75 bits per heavy atom. The van der Waals surface area contributed by atoms with Crippen LogP contribution in [-0.4, -0.2) is 17.8 Å². The highest BCUT2D eigenvalue weighted by molar-refractivity contribution is 5.27. The zero-order valence-corrected chi connectivity index (χ0v) is 9.69. The van der Waals surface area contributed by atoms with Gasteiger partial charge in [0.15, 0.2) is 0 Å². The molecule has 1 aromatic rings. The third kappa shape index (κ3) is 3.24. The van der Waals surface area contributed by atoms with Crippen molar-refractivity contribution in [3.8, 4) is 5.75 Å². The fraction of sp³-hybridized carbons (Fsp3) is 0.571. The molecule has 1 saturated carbocycles. The van der Waals surface area contributed by atoms with Crippen molar-refractivity contribution >= 4 is 0 Å². The van der Waals surface area contributed by atoms with E-state index in [-0.39, 0.29) is 6.61 Å². The van der Waals surface area contributed by atoms with E-state index in [9.17, 15) is 0 Å². The van der Waals surface area contributed by atoms with E-state index in [1.807, 2.05) is 24.3 Å². The molecular weight excluding hydrogens is 200 g/mol. The molecule has 1 aliphatic carbocycles.